The fourth-order valence-corrected chi connectivity index (χ4v) is 2.21. The summed E-state index contributed by atoms with van der Waals surface area (Å²) >= 11 is 0. The van der Waals surface area contributed by atoms with Crippen molar-refractivity contribution in [3.8, 4) is 0 Å². The van der Waals surface area contributed by atoms with E-state index in [-0.39, 0.29) is 11.9 Å². The molecule has 1 unspecified atom stereocenters. The van der Waals surface area contributed by atoms with Crippen LogP contribution in [-0.4, -0.2) is 42.5 Å². The van der Waals surface area contributed by atoms with Gasteiger partial charge < -0.3 is 16.0 Å². The summed E-state index contributed by atoms with van der Waals surface area (Å²) in [6, 6.07) is -0.0360. The van der Waals surface area contributed by atoms with Crippen LogP contribution in [0.25, 0.3) is 0 Å². The molecule has 16 heavy (non-hydrogen) atoms. The van der Waals surface area contributed by atoms with Crippen LogP contribution in [0.5, 0.6) is 0 Å². The molecule has 0 saturated carbocycles. The van der Waals surface area contributed by atoms with Crippen molar-refractivity contribution in [1.82, 2.24) is 10.2 Å². The minimum Gasteiger partial charge on any atom is -0.351 e. The molecule has 0 radical (unpaired) electrons. The van der Waals surface area contributed by atoms with Gasteiger partial charge in [-0.25, -0.2) is 0 Å². The van der Waals surface area contributed by atoms with Gasteiger partial charge in [0.25, 0.3) is 0 Å². The van der Waals surface area contributed by atoms with Crippen molar-refractivity contribution in [2.24, 2.45) is 5.73 Å². The Hall–Kier alpha value is -0.610. The first kappa shape index (κ1) is 13.5. The zero-order chi connectivity index (χ0) is 12.0. The van der Waals surface area contributed by atoms with Gasteiger partial charge in [0, 0.05) is 12.6 Å². The SMILES string of the molecule is CCC[C@H](N)C(=O)NC1CCCN(CC)C1. The van der Waals surface area contributed by atoms with Gasteiger partial charge in [-0.15, -0.1) is 0 Å². The Kier molecular flexibility index (Phi) is 5.77. The third kappa shape index (κ3) is 4.10. The molecule has 3 N–H and O–H groups in total. The summed E-state index contributed by atoms with van der Waals surface area (Å²) in [5, 5.41) is 3.06. The van der Waals surface area contributed by atoms with Crippen molar-refractivity contribution < 1.29 is 4.79 Å². The minimum atomic E-state index is -0.331. The van der Waals surface area contributed by atoms with E-state index in [1.165, 1.54) is 6.42 Å². The summed E-state index contributed by atoms with van der Waals surface area (Å²) in [5.74, 6) is 0.0183. The fourth-order valence-electron chi connectivity index (χ4n) is 2.21. The lowest BCUT2D eigenvalue weighted by Gasteiger charge is -2.32. The summed E-state index contributed by atoms with van der Waals surface area (Å²) < 4.78 is 0. The van der Waals surface area contributed by atoms with E-state index in [4.69, 9.17) is 5.73 Å². The molecule has 0 aliphatic carbocycles. The third-order valence-corrected chi connectivity index (χ3v) is 3.24. The predicted molar refractivity (Wildman–Crippen MR) is 66.2 cm³/mol. The quantitative estimate of drug-likeness (QED) is 0.727. The normalized spacial score (nSPS) is 24.1. The number of carbonyl (C=O) groups is 1. The molecule has 0 aromatic carbocycles. The van der Waals surface area contributed by atoms with Gasteiger partial charge in [-0.05, 0) is 32.4 Å². The summed E-state index contributed by atoms with van der Waals surface area (Å²) in [5.41, 5.74) is 5.79. The average molecular weight is 227 g/mol. The van der Waals surface area contributed by atoms with Crippen LogP contribution in [0.3, 0.4) is 0 Å². The number of likely N-dealkylation sites (tertiary alicyclic amines) is 1. The molecule has 1 aliphatic rings. The molecule has 0 spiro atoms. The molecule has 94 valence electrons. The number of piperidine rings is 1. The molecule has 1 saturated heterocycles. The topological polar surface area (TPSA) is 58.4 Å². The molecular formula is C12H25N3O. The zero-order valence-electron chi connectivity index (χ0n) is 10.5. The number of nitrogens with two attached hydrogens (primary N) is 1. The largest absolute Gasteiger partial charge is 0.351 e. The summed E-state index contributed by atoms with van der Waals surface area (Å²) in [7, 11) is 0. The second kappa shape index (κ2) is 6.86. The van der Waals surface area contributed by atoms with E-state index in [1.807, 2.05) is 6.92 Å². The molecule has 0 aromatic heterocycles. The van der Waals surface area contributed by atoms with Gasteiger partial charge in [-0.1, -0.05) is 20.3 Å². The number of hydrogen-bond acceptors (Lipinski definition) is 3. The fraction of sp³-hybridized carbons (Fsp3) is 0.917. The lowest BCUT2D eigenvalue weighted by molar-refractivity contribution is -0.123. The lowest BCUT2D eigenvalue weighted by Crippen LogP contribution is -2.51. The van der Waals surface area contributed by atoms with Crippen molar-refractivity contribution in [1.29, 1.82) is 0 Å². The highest BCUT2D eigenvalue weighted by Crippen LogP contribution is 2.09. The summed E-state index contributed by atoms with van der Waals surface area (Å²) in [4.78, 5) is 14.1. The third-order valence-electron chi connectivity index (χ3n) is 3.24. The number of likely N-dealkylation sites (N-methyl/N-ethyl adjacent to an activating group) is 1. The molecule has 1 aliphatic heterocycles. The number of nitrogens with zero attached hydrogens (tertiary/aromatic N) is 1. The van der Waals surface area contributed by atoms with Gasteiger partial charge in [0.15, 0.2) is 0 Å². The number of rotatable bonds is 5. The van der Waals surface area contributed by atoms with Crippen LogP contribution in [0.4, 0.5) is 0 Å². The van der Waals surface area contributed by atoms with Crippen LogP contribution < -0.4 is 11.1 Å². The van der Waals surface area contributed by atoms with Gasteiger partial charge >= 0.3 is 0 Å². The van der Waals surface area contributed by atoms with E-state index in [2.05, 4.69) is 17.1 Å². The maximum absolute atomic E-state index is 11.7. The standard InChI is InChI=1S/C12H25N3O/c1-3-6-11(13)12(16)14-10-7-5-8-15(4-2)9-10/h10-11H,3-9,13H2,1-2H3,(H,14,16)/t10?,11-/m0/s1. The van der Waals surface area contributed by atoms with Gasteiger partial charge in [0.05, 0.1) is 6.04 Å². The van der Waals surface area contributed by atoms with Gasteiger partial charge in [0.1, 0.15) is 0 Å². The Balaban J connectivity index is 2.32. The highest BCUT2D eigenvalue weighted by molar-refractivity contribution is 5.81. The molecule has 1 heterocycles. The predicted octanol–water partition coefficient (Wildman–Crippen LogP) is 0.714. The van der Waals surface area contributed by atoms with Crippen LogP contribution >= 0.6 is 0 Å². The first-order chi connectivity index (χ1) is 7.67. The van der Waals surface area contributed by atoms with Crippen LogP contribution in [-0.2, 0) is 4.79 Å². The highest BCUT2D eigenvalue weighted by Gasteiger charge is 2.22. The van der Waals surface area contributed by atoms with Crippen LogP contribution in [0.15, 0.2) is 0 Å². The first-order valence-corrected chi connectivity index (χ1v) is 6.45. The highest BCUT2D eigenvalue weighted by atomic mass is 16.2. The van der Waals surface area contributed by atoms with Gasteiger partial charge in [0.2, 0.25) is 5.91 Å². The Morgan fingerprint density at radius 1 is 1.56 bits per heavy atom. The number of carbonyl (C=O) groups excluding carboxylic acids is 1. The van der Waals surface area contributed by atoms with E-state index < -0.39 is 0 Å². The molecule has 0 aromatic rings. The van der Waals surface area contributed by atoms with Crippen LogP contribution in [0.2, 0.25) is 0 Å². The van der Waals surface area contributed by atoms with Crippen LogP contribution in [0, 0.1) is 0 Å². The zero-order valence-corrected chi connectivity index (χ0v) is 10.5. The van der Waals surface area contributed by atoms with Crippen molar-refractivity contribution in [3.05, 3.63) is 0 Å². The van der Waals surface area contributed by atoms with Gasteiger partial charge in [-0.3, -0.25) is 4.79 Å². The summed E-state index contributed by atoms with van der Waals surface area (Å²) in [6.07, 6.45) is 3.99. The molecule has 2 atom stereocenters. The monoisotopic (exact) mass is 227 g/mol. The number of amides is 1. The van der Waals surface area contributed by atoms with Crippen molar-refractivity contribution >= 4 is 5.91 Å². The van der Waals surface area contributed by atoms with Crippen molar-refractivity contribution in [2.45, 2.75) is 51.6 Å². The Labute approximate surface area is 98.6 Å². The smallest absolute Gasteiger partial charge is 0.237 e. The van der Waals surface area contributed by atoms with Crippen molar-refractivity contribution in [3.63, 3.8) is 0 Å². The average Bonchev–Trinajstić information content (AvgIpc) is 2.29. The maximum Gasteiger partial charge on any atom is 0.237 e. The van der Waals surface area contributed by atoms with E-state index in [0.717, 1.165) is 38.9 Å². The Bertz CT molecular complexity index is 220. The number of hydrogen-bond donors (Lipinski definition) is 2. The van der Waals surface area contributed by atoms with Crippen molar-refractivity contribution in [2.75, 3.05) is 19.6 Å². The Morgan fingerprint density at radius 3 is 2.94 bits per heavy atom. The first-order valence-electron chi connectivity index (χ1n) is 6.45. The van der Waals surface area contributed by atoms with E-state index in [9.17, 15) is 4.79 Å². The lowest BCUT2D eigenvalue weighted by atomic mass is 10.0. The molecule has 4 heteroatoms. The van der Waals surface area contributed by atoms with Crippen LogP contribution in [0.1, 0.15) is 39.5 Å². The summed E-state index contributed by atoms with van der Waals surface area (Å²) in [6.45, 7) is 7.40. The van der Waals surface area contributed by atoms with E-state index in [1.54, 1.807) is 0 Å². The second-order valence-corrected chi connectivity index (χ2v) is 4.64. The second-order valence-electron chi connectivity index (χ2n) is 4.64. The van der Waals surface area contributed by atoms with E-state index in [0.29, 0.717) is 6.04 Å². The maximum atomic E-state index is 11.7. The number of nitrogens with one attached hydrogen (secondary N) is 1. The molecule has 1 amide bonds. The Morgan fingerprint density at radius 2 is 2.31 bits per heavy atom. The molecule has 0 bridgehead atoms. The molecule has 1 fully saturated rings. The van der Waals surface area contributed by atoms with Gasteiger partial charge in [-0.2, -0.15) is 0 Å². The molecular weight excluding hydrogens is 202 g/mol. The van der Waals surface area contributed by atoms with E-state index >= 15 is 0 Å². The molecule has 1 rings (SSSR count). The minimum absolute atomic E-state index is 0.0183. The molecule has 4 nitrogen and oxygen atoms in total.